The standard InChI is InChI=1S/C11H11BO4S/c1-17-8-3-2-5-6-4-7(6)12(15)16-10(5)9(8)11(13)14/h2-3,6-7,15H,4H2,1H3,(H,13,14). The molecule has 0 spiro atoms. The highest BCUT2D eigenvalue weighted by molar-refractivity contribution is 7.98. The molecule has 1 fully saturated rings. The molecule has 1 aliphatic carbocycles. The normalized spacial score (nSPS) is 24.7. The van der Waals surface area contributed by atoms with Gasteiger partial charge in [0.15, 0.2) is 0 Å². The minimum atomic E-state index is -1.00. The van der Waals surface area contributed by atoms with Crippen molar-refractivity contribution in [1.82, 2.24) is 0 Å². The average molecular weight is 250 g/mol. The van der Waals surface area contributed by atoms with Gasteiger partial charge in [0.25, 0.3) is 0 Å². The van der Waals surface area contributed by atoms with Gasteiger partial charge in [-0.1, -0.05) is 6.07 Å². The van der Waals surface area contributed by atoms with E-state index >= 15 is 0 Å². The van der Waals surface area contributed by atoms with Crippen molar-refractivity contribution in [3.63, 3.8) is 0 Å². The average Bonchev–Trinajstić information content (AvgIpc) is 3.08. The Balaban J connectivity index is 2.18. The molecule has 1 saturated carbocycles. The molecule has 1 aliphatic heterocycles. The Labute approximate surface area is 103 Å². The molecule has 2 atom stereocenters. The lowest BCUT2D eigenvalue weighted by Gasteiger charge is -2.22. The van der Waals surface area contributed by atoms with Crippen LogP contribution in [0.5, 0.6) is 5.75 Å². The molecule has 17 heavy (non-hydrogen) atoms. The molecule has 88 valence electrons. The molecule has 2 unspecified atom stereocenters. The maximum Gasteiger partial charge on any atom is 0.526 e. The van der Waals surface area contributed by atoms with Gasteiger partial charge in [0.2, 0.25) is 0 Å². The van der Waals surface area contributed by atoms with Crippen molar-refractivity contribution >= 4 is 24.8 Å². The Morgan fingerprint density at radius 3 is 3.00 bits per heavy atom. The van der Waals surface area contributed by atoms with Gasteiger partial charge in [-0.05, 0) is 30.2 Å². The van der Waals surface area contributed by atoms with E-state index in [1.54, 1.807) is 0 Å². The summed E-state index contributed by atoms with van der Waals surface area (Å²) in [5.74, 6) is -0.236. The molecule has 1 aromatic rings. The maximum absolute atomic E-state index is 11.3. The van der Waals surface area contributed by atoms with Gasteiger partial charge in [-0.2, -0.15) is 0 Å². The first-order valence-electron chi connectivity index (χ1n) is 5.42. The monoisotopic (exact) mass is 250 g/mol. The maximum atomic E-state index is 11.3. The van der Waals surface area contributed by atoms with E-state index in [-0.39, 0.29) is 17.3 Å². The van der Waals surface area contributed by atoms with Gasteiger partial charge in [-0.3, -0.25) is 0 Å². The number of rotatable bonds is 2. The highest BCUT2D eigenvalue weighted by Crippen LogP contribution is 2.60. The summed E-state index contributed by atoms with van der Waals surface area (Å²) < 4.78 is 5.38. The smallest absolute Gasteiger partial charge is 0.526 e. The van der Waals surface area contributed by atoms with Gasteiger partial charge in [0, 0.05) is 10.7 Å². The van der Waals surface area contributed by atoms with Crippen LogP contribution < -0.4 is 4.65 Å². The zero-order chi connectivity index (χ0) is 12.2. The Morgan fingerprint density at radius 2 is 2.35 bits per heavy atom. The number of carboxylic acid groups (broad SMARTS) is 1. The van der Waals surface area contributed by atoms with Gasteiger partial charge < -0.3 is 14.8 Å². The van der Waals surface area contributed by atoms with E-state index in [2.05, 4.69) is 0 Å². The second kappa shape index (κ2) is 3.68. The Bertz CT molecular complexity index is 504. The first-order valence-corrected chi connectivity index (χ1v) is 6.65. The van der Waals surface area contributed by atoms with Crippen LogP contribution in [0.25, 0.3) is 0 Å². The Hall–Kier alpha value is -1.14. The van der Waals surface area contributed by atoms with Gasteiger partial charge in [0.05, 0.1) is 0 Å². The van der Waals surface area contributed by atoms with Crippen LogP contribution in [0, 0.1) is 0 Å². The number of benzene rings is 1. The quantitative estimate of drug-likeness (QED) is 0.619. The van der Waals surface area contributed by atoms with Crippen LogP contribution in [0.15, 0.2) is 17.0 Å². The van der Waals surface area contributed by atoms with Crippen molar-refractivity contribution in [3.05, 3.63) is 23.3 Å². The van der Waals surface area contributed by atoms with Crippen molar-refractivity contribution in [2.45, 2.75) is 23.1 Å². The van der Waals surface area contributed by atoms with Crippen LogP contribution in [0.1, 0.15) is 28.3 Å². The molecular formula is C11H11BO4S. The van der Waals surface area contributed by atoms with Gasteiger partial charge in [-0.15, -0.1) is 11.8 Å². The third-order valence-electron chi connectivity index (χ3n) is 3.43. The number of fused-ring (bicyclic) bond motifs is 3. The van der Waals surface area contributed by atoms with Crippen LogP contribution >= 0.6 is 11.8 Å². The van der Waals surface area contributed by atoms with E-state index in [1.165, 1.54) is 11.8 Å². The molecule has 0 radical (unpaired) electrons. The summed E-state index contributed by atoms with van der Waals surface area (Å²) in [5.41, 5.74) is 1.11. The summed E-state index contributed by atoms with van der Waals surface area (Å²) in [5, 5.41) is 19.0. The topological polar surface area (TPSA) is 66.8 Å². The number of hydrogen-bond acceptors (Lipinski definition) is 4. The van der Waals surface area contributed by atoms with Crippen molar-refractivity contribution in [3.8, 4) is 5.75 Å². The van der Waals surface area contributed by atoms with Crippen molar-refractivity contribution < 1.29 is 19.6 Å². The van der Waals surface area contributed by atoms with Crippen LogP contribution in [0.2, 0.25) is 5.82 Å². The Morgan fingerprint density at radius 1 is 1.59 bits per heavy atom. The van der Waals surface area contributed by atoms with E-state index in [4.69, 9.17) is 4.65 Å². The highest BCUT2D eigenvalue weighted by atomic mass is 32.2. The van der Waals surface area contributed by atoms with Crippen molar-refractivity contribution in [2.75, 3.05) is 6.26 Å². The summed E-state index contributed by atoms with van der Waals surface area (Å²) in [6.07, 6.45) is 2.71. The van der Waals surface area contributed by atoms with Gasteiger partial charge >= 0.3 is 13.1 Å². The predicted molar refractivity (Wildman–Crippen MR) is 64.9 cm³/mol. The van der Waals surface area contributed by atoms with E-state index in [0.29, 0.717) is 10.6 Å². The van der Waals surface area contributed by atoms with Gasteiger partial charge in [-0.25, -0.2) is 4.79 Å². The van der Waals surface area contributed by atoms with Crippen LogP contribution in [0.4, 0.5) is 0 Å². The number of thioether (sulfide) groups is 1. The van der Waals surface area contributed by atoms with E-state index in [1.807, 2.05) is 18.4 Å². The van der Waals surface area contributed by atoms with Crippen LogP contribution in [-0.2, 0) is 0 Å². The summed E-state index contributed by atoms with van der Waals surface area (Å²) >= 11 is 1.37. The fraction of sp³-hybridized carbons (Fsp3) is 0.364. The number of aromatic carboxylic acids is 1. The lowest BCUT2D eigenvalue weighted by Crippen LogP contribution is -2.27. The number of carboxylic acids is 1. The lowest BCUT2D eigenvalue weighted by atomic mass is 9.77. The van der Waals surface area contributed by atoms with Crippen LogP contribution in [0.3, 0.4) is 0 Å². The molecule has 0 aromatic heterocycles. The molecule has 0 amide bonds. The molecular weight excluding hydrogens is 239 g/mol. The fourth-order valence-electron chi connectivity index (χ4n) is 2.47. The number of hydrogen-bond donors (Lipinski definition) is 2. The van der Waals surface area contributed by atoms with Crippen molar-refractivity contribution in [2.24, 2.45) is 0 Å². The summed E-state index contributed by atoms with van der Waals surface area (Å²) in [6, 6.07) is 3.74. The third kappa shape index (κ3) is 1.55. The minimum Gasteiger partial charge on any atom is -0.535 e. The predicted octanol–water partition coefficient (Wildman–Crippen LogP) is 1.84. The third-order valence-corrected chi connectivity index (χ3v) is 4.21. The molecule has 0 saturated heterocycles. The molecule has 2 N–H and O–H groups in total. The SMILES string of the molecule is CSc1ccc2c(c1C(=O)O)OB(O)C1CC21. The number of carbonyl (C=O) groups is 1. The molecule has 1 aromatic carbocycles. The zero-order valence-corrected chi connectivity index (χ0v) is 10.0. The van der Waals surface area contributed by atoms with E-state index in [9.17, 15) is 14.9 Å². The van der Waals surface area contributed by atoms with E-state index in [0.717, 1.165) is 12.0 Å². The minimum absolute atomic E-state index is 0.143. The highest BCUT2D eigenvalue weighted by Gasteiger charge is 2.54. The summed E-state index contributed by atoms with van der Waals surface area (Å²) in [7, 11) is -0.859. The van der Waals surface area contributed by atoms with Crippen LogP contribution in [-0.4, -0.2) is 29.5 Å². The van der Waals surface area contributed by atoms with Crippen molar-refractivity contribution in [1.29, 1.82) is 0 Å². The van der Waals surface area contributed by atoms with Gasteiger partial charge in [0.1, 0.15) is 11.3 Å². The van der Waals surface area contributed by atoms with E-state index < -0.39 is 13.1 Å². The molecule has 3 rings (SSSR count). The lowest BCUT2D eigenvalue weighted by molar-refractivity contribution is 0.0690. The summed E-state index contributed by atoms with van der Waals surface area (Å²) in [6.45, 7) is 0. The second-order valence-electron chi connectivity index (χ2n) is 4.38. The first kappa shape index (κ1) is 11.0. The Kier molecular flexibility index (Phi) is 2.38. The molecule has 4 nitrogen and oxygen atoms in total. The molecule has 6 heteroatoms. The zero-order valence-electron chi connectivity index (χ0n) is 9.21. The second-order valence-corrected chi connectivity index (χ2v) is 5.23. The molecule has 0 bridgehead atoms. The largest absolute Gasteiger partial charge is 0.535 e. The summed E-state index contributed by atoms with van der Waals surface area (Å²) in [4.78, 5) is 12.0. The first-order chi connectivity index (χ1) is 8.13. The molecule has 2 aliphatic rings. The molecule has 1 heterocycles. The fourth-order valence-corrected chi connectivity index (χ4v) is 3.06.